The summed E-state index contributed by atoms with van der Waals surface area (Å²) in [5.74, 6) is 0.369. The molecule has 0 saturated heterocycles. The molecule has 4 heteroatoms. The lowest BCUT2D eigenvalue weighted by Crippen LogP contribution is -2.34. The molecule has 0 spiro atoms. The summed E-state index contributed by atoms with van der Waals surface area (Å²) < 4.78 is 4.59. The summed E-state index contributed by atoms with van der Waals surface area (Å²) in [7, 11) is 1.39. The first kappa shape index (κ1) is 13.7. The van der Waals surface area contributed by atoms with E-state index in [2.05, 4.69) is 4.74 Å². The van der Waals surface area contributed by atoms with E-state index in [9.17, 15) is 4.79 Å². The quantitative estimate of drug-likeness (QED) is 0.741. The molecule has 2 N–H and O–H groups in total. The van der Waals surface area contributed by atoms with Gasteiger partial charge in [0.2, 0.25) is 0 Å². The maximum Gasteiger partial charge on any atom is 0.322 e. The van der Waals surface area contributed by atoms with Gasteiger partial charge in [-0.15, -0.1) is 12.4 Å². The van der Waals surface area contributed by atoms with Crippen LogP contribution in [0, 0.1) is 5.92 Å². The summed E-state index contributed by atoms with van der Waals surface area (Å²) in [6, 6.07) is -0.409. The number of carbonyl (C=O) groups excluding carboxylic acids is 1. The Kier molecular flexibility index (Phi) is 6.93. The van der Waals surface area contributed by atoms with Gasteiger partial charge >= 0.3 is 5.97 Å². The Bertz CT molecular complexity index is 170. The summed E-state index contributed by atoms with van der Waals surface area (Å²) in [5, 5.41) is 0. The molecule has 0 aromatic carbocycles. The molecule has 0 radical (unpaired) electrons. The standard InChI is InChI=1S/C10H19NO2.ClH/c1-13-10(12)9(11)7-8-5-3-2-4-6-8;/h8-9H,2-7,11H2,1H3;1H. The summed E-state index contributed by atoms with van der Waals surface area (Å²) in [4.78, 5) is 11.0. The Morgan fingerprint density at radius 1 is 1.43 bits per heavy atom. The number of hydrogen-bond donors (Lipinski definition) is 1. The number of ether oxygens (including phenoxy) is 1. The molecule has 3 nitrogen and oxygen atoms in total. The van der Waals surface area contributed by atoms with Crippen LogP contribution in [0.5, 0.6) is 0 Å². The lowest BCUT2D eigenvalue weighted by molar-refractivity contribution is -0.142. The Morgan fingerprint density at radius 3 is 2.50 bits per heavy atom. The Morgan fingerprint density at radius 2 is 2.00 bits per heavy atom. The molecule has 0 bridgehead atoms. The van der Waals surface area contributed by atoms with Gasteiger partial charge in [0.15, 0.2) is 0 Å². The average Bonchev–Trinajstić information content (AvgIpc) is 2.18. The van der Waals surface area contributed by atoms with Gasteiger partial charge < -0.3 is 10.5 Å². The minimum atomic E-state index is -0.409. The molecule has 1 atom stereocenters. The largest absolute Gasteiger partial charge is 0.468 e. The van der Waals surface area contributed by atoms with Crippen molar-refractivity contribution in [3.05, 3.63) is 0 Å². The zero-order valence-electron chi connectivity index (χ0n) is 8.70. The second kappa shape index (κ2) is 7.07. The molecule has 1 aliphatic rings. The van der Waals surface area contributed by atoms with Crippen LogP contribution in [-0.2, 0) is 9.53 Å². The molecule has 0 heterocycles. The van der Waals surface area contributed by atoms with Gasteiger partial charge in [-0.2, -0.15) is 0 Å². The van der Waals surface area contributed by atoms with E-state index in [1.165, 1.54) is 39.2 Å². The van der Waals surface area contributed by atoms with Crippen molar-refractivity contribution in [2.75, 3.05) is 7.11 Å². The van der Waals surface area contributed by atoms with Crippen molar-refractivity contribution in [3.8, 4) is 0 Å². The lowest BCUT2D eigenvalue weighted by Gasteiger charge is -2.23. The van der Waals surface area contributed by atoms with E-state index in [0.717, 1.165) is 6.42 Å². The monoisotopic (exact) mass is 221 g/mol. The maximum absolute atomic E-state index is 11.0. The Labute approximate surface area is 91.8 Å². The van der Waals surface area contributed by atoms with Crippen LogP contribution in [0.1, 0.15) is 38.5 Å². The zero-order chi connectivity index (χ0) is 9.68. The smallest absolute Gasteiger partial charge is 0.322 e. The van der Waals surface area contributed by atoms with E-state index in [4.69, 9.17) is 5.73 Å². The van der Waals surface area contributed by atoms with Crippen LogP contribution in [0.3, 0.4) is 0 Å². The van der Waals surface area contributed by atoms with Crippen molar-refractivity contribution in [3.63, 3.8) is 0 Å². The molecule has 1 saturated carbocycles. The molecule has 1 fully saturated rings. The molecule has 1 aliphatic carbocycles. The van der Waals surface area contributed by atoms with Gasteiger partial charge in [0.05, 0.1) is 7.11 Å². The molecule has 1 rings (SSSR count). The van der Waals surface area contributed by atoms with Crippen LogP contribution < -0.4 is 5.73 Å². The SMILES string of the molecule is COC(=O)C(N)CC1CCCCC1.Cl. The van der Waals surface area contributed by atoms with E-state index in [1.807, 2.05) is 0 Å². The van der Waals surface area contributed by atoms with Gasteiger partial charge in [0.1, 0.15) is 6.04 Å². The molecule has 0 amide bonds. The molecule has 0 aromatic rings. The van der Waals surface area contributed by atoms with Crippen molar-refractivity contribution < 1.29 is 9.53 Å². The van der Waals surface area contributed by atoms with E-state index in [1.54, 1.807) is 0 Å². The van der Waals surface area contributed by atoms with Crippen LogP contribution in [0.15, 0.2) is 0 Å². The number of nitrogens with two attached hydrogens (primary N) is 1. The van der Waals surface area contributed by atoms with Crippen LogP contribution in [0.2, 0.25) is 0 Å². The molecular weight excluding hydrogens is 202 g/mol. The average molecular weight is 222 g/mol. The van der Waals surface area contributed by atoms with Crippen LogP contribution in [0.25, 0.3) is 0 Å². The topological polar surface area (TPSA) is 52.3 Å². The van der Waals surface area contributed by atoms with E-state index in [0.29, 0.717) is 5.92 Å². The first-order chi connectivity index (χ1) is 6.24. The number of esters is 1. The van der Waals surface area contributed by atoms with Gasteiger partial charge in [0, 0.05) is 0 Å². The highest BCUT2D eigenvalue weighted by molar-refractivity contribution is 5.85. The van der Waals surface area contributed by atoms with Gasteiger partial charge in [-0.25, -0.2) is 0 Å². The Balaban J connectivity index is 0.00000169. The number of carbonyl (C=O) groups is 1. The first-order valence-corrected chi connectivity index (χ1v) is 5.07. The van der Waals surface area contributed by atoms with Crippen molar-refractivity contribution in [1.82, 2.24) is 0 Å². The number of methoxy groups -OCH3 is 1. The van der Waals surface area contributed by atoms with Gasteiger partial charge in [0.25, 0.3) is 0 Å². The molecule has 1 unspecified atom stereocenters. The summed E-state index contributed by atoms with van der Waals surface area (Å²) in [6.45, 7) is 0. The predicted molar refractivity (Wildman–Crippen MR) is 58.4 cm³/mol. The molecule has 0 aliphatic heterocycles. The van der Waals surface area contributed by atoms with Gasteiger partial charge in [-0.05, 0) is 12.3 Å². The second-order valence-corrected chi connectivity index (χ2v) is 3.87. The fourth-order valence-corrected chi connectivity index (χ4v) is 2.03. The highest BCUT2D eigenvalue weighted by atomic mass is 35.5. The van der Waals surface area contributed by atoms with Crippen molar-refractivity contribution >= 4 is 18.4 Å². The van der Waals surface area contributed by atoms with E-state index in [-0.39, 0.29) is 18.4 Å². The third-order valence-electron chi connectivity index (χ3n) is 2.82. The maximum atomic E-state index is 11.0. The highest BCUT2D eigenvalue weighted by Crippen LogP contribution is 2.26. The summed E-state index contributed by atoms with van der Waals surface area (Å²) >= 11 is 0. The molecule has 14 heavy (non-hydrogen) atoms. The predicted octanol–water partition coefficient (Wildman–Crippen LogP) is 1.88. The summed E-state index contributed by atoms with van der Waals surface area (Å²) in [6.07, 6.45) is 7.17. The zero-order valence-corrected chi connectivity index (χ0v) is 9.52. The third-order valence-corrected chi connectivity index (χ3v) is 2.82. The van der Waals surface area contributed by atoms with Crippen molar-refractivity contribution in [2.24, 2.45) is 11.7 Å². The number of halogens is 1. The molecule has 84 valence electrons. The fourth-order valence-electron chi connectivity index (χ4n) is 2.03. The minimum Gasteiger partial charge on any atom is -0.468 e. The number of rotatable bonds is 3. The first-order valence-electron chi connectivity index (χ1n) is 5.07. The Hall–Kier alpha value is -0.280. The lowest BCUT2D eigenvalue weighted by atomic mass is 9.85. The second-order valence-electron chi connectivity index (χ2n) is 3.87. The normalized spacial score (nSPS) is 19.6. The van der Waals surface area contributed by atoms with Gasteiger partial charge in [-0.1, -0.05) is 32.1 Å². The number of hydrogen-bond acceptors (Lipinski definition) is 3. The fraction of sp³-hybridized carbons (Fsp3) is 0.900. The summed E-state index contributed by atoms with van der Waals surface area (Å²) in [5.41, 5.74) is 5.68. The van der Waals surface area contributed by atoms with Crippen molar-refractivity contribution in [2.45, 2.75) is 44.6 Å². The minimum absolute atomic E-state index is 0. The van der Waals surface area contributed by atoms with E-state index >= 15 is 0 Å². The highest BCUT2D eigenvalue weighted by Gasteiger charge is 2.21. The van der Waals surface area contributed by atoms with Crippen LogP contribution in [-0.4, -0.2) is 19.1 Å². The van der Waals surface area contributed by atoms with E-state index < -0.39 is 6.04 Å². The molecular formula is C10H20ClNO2. The molecule has 0 aromatic heterocycles. The van der Waals surface area contributed by atoms with Crippen molar-refractivity contribution in [1.29, 1.82) is 0 Å². The van der Waals surface area contributed by atoms with Crippen LogP contribution >= 0.6 is 12.4 Å². The van der Waals surface area contributed by atoms with Gasteiger partial charge in [-0.3, -0.25) is 4.79 Å². The third kappa shape index (κ3) is 4.29. The van der Waals surface area contributed by atoms with Crippen LogP contribution in [0.4, 0.5) is 0 Å².